The number of carbonyl (C=O) groups is 3. The van der Waals surface area contributed by atoms with Crippen LogP contribution in [0.25, 0.3) is 0 Å². The van der Waals surface area contributed by atoms with Crippen molar-refractivity contribution in [2.75, 3.05) is 0 Å². The van der Waals surface area contributed by atoms with E-state index >= 15 is 0 Å². The Morgan fingerprint density at radius 2 is 1.91 bits per heavy atom. The molecule has 0 aliphatic carbocycles. The number of nitrogens with one attached hydrogen (secondary N) is 2. The third-order valence-corrected chi connectivity index (χ3v) is 3.67. The van der Waals surface area contributed by atoms with Crippen molar-refractivity contribution in [2.45, 2.75) is 45.8 Å². The molecule has 1 aromatic rings. The average molecular weight is 319 g/mol. The van der Waals surface area contributed by atoms with Gasteiger partial charge in [-0.05, 0) is 51.5 Å². The lowest BCUT2D eigenvalue weighted by Gasteiger charge is -2.19. The second kappa shape index (κ2) is 6.28. The fourth-order valence-electron chi connectivity index (χ4n) is 2.15. The van der Waals surface area contributed by atoms with Crippen molar-refractivity contribution in [1.29, 1.82) is 0 Å². The second-order valence-corrected chi connectivity index (χ2v) is 5.89. The van der Waals surface area contributed by atoms with Gasteiger partial charge in [0.2, 0.25) is 0 Å². The first-order valence-electron chi connectivity index (χ1n) is 7.51. The Labute approximate surface area is 135 Å². The lowest BCUT2D eigenvalue weighted by Crippen LogP contribution is -2.48. The van der Waals surface area contributed by atoms with E-state index in [1.54, 1.807) is 38.1 Å². The third-order valence-electron chi connectivity index (χ3n) is 3.67. The van der Waals surface area contributed by atoms with Crippen LogP contribution in [0.5, 0.6) is 5.75 Å². The molecule has 7 nitrogen and oxygen atoms in total. The van der Waals surface area contributed by atoms with E-state index in [9.17, 15) is 14.4 Å². The van der Waals surface area contributed by atoms with Crippen LogP contribution in [0.4, 0.5) is 4.79 Å². The van der Waals surface area contributed by atoms with Crippen LogP contribution >= 0.6 is 0 Å². The van der Waals surface area contributed by atoms with Crippen LogP contribution in [-0.2, 0) is 4.79 Å². The monoisotopic (exact) mass is 319 g/mol. The van der Waals surface area contributed by atoms with Crippen LogP contribution in [0, 0.1) is 0 Å². The molecule has 0 spiro atoms. The molecule has 124 valence electrons. The molecule has 1 aliphatic rings. The molecule has 0 bridgehead atoms. The summed E-state index contributed by atoms with van der Waals surface area (Å²) in [6, 6.07) is 5.84. The molecule has 1 saturated heterocycles. The van der Waals surface area contributed by atoms with Gasteiger partial charge in [0.05, 0.1) is 6.10 Å². The Hall–Kier alpha value is -2.57. The summed E-state index contributed by atoms with van der Waals surface area (Å²) in [6.45, 7) is 7.22. The standard InChI is InChI=1S/C16H21N3O4/c1-5-16(4)14(21)19(15(22)17-16)18-13(20)11-6-8-12(9-7-11)23-10(2)3/h6-10H,5H2,1-4H3,(H,17,22)(H,18,20). The number of hydrogen-bond donors (Lipinski definition) is 2. The van der Waals surface area contributed by atoms with Gasteiger partial charge in [0.1, 0.15) is 11.3 Å². The normalized spacial score (nSPS) is 20.7. The van der Waals surface area contributed by atoms with E-state index in [-0.39, 0.29) is 6.10 Å². The molecule has 7 heteroatoms. The van der Waals surface area contributed by atoms with E-state index in [1.807, 2.05) is 13.8 Å². The van der Waals surface area contributed by atoms with Crippen molar-refractivity contribution < 1.29 is 19.1 Å². The number of nitrogens with zero attached hydrogens (tertiary/aromatic N) is 1. The van der Waals surface area contributed by atoms with E-state index in [1.165, 1.54) is 0 Å². The molecule has 4 amide bonds. The Bertz CT molecular complexity index is 627. The van der Waals surface area contributed by atoms with Crippen LogP contribution in [0.15, 0.2) is 24.3 Å². The quantitative estimate of drug-likeness (QED) is 0.811. The van der Waals surface area contributed by atoms with Gasteiger partial charge >= 0.3 is 6.03 Å². The zero-order valence-electron chi connectivity index (χ0n) is 13.7. The topological polar surface area (TPSA) is 87.7 Å². The zero-order valence-corrected chi connectivity index (χ0v) is 13.7. The highest BCUT2D eigenvalue weighted by Gasteiger charge is 2.47. The van der Waals surface area contributed by atoms with Gasteiger partial charge in [-0.1, -0.05) is 6.92 Å². The molecular weight excluding hydrogens is 298 g/mol. The molecule has 23 heavy (non-hydrogen) atoms. The van der Waals surface area contributed by atoms with Crippen molar-refractivity contribution in [1.82, 2.24) is 15.8 Å². The maximum absolute atomic E-state index is 12.2. The summed E-state index contributed by atoms with van der Waals surface area (Å²) in [6.07, 6.45) is 0.470. The smallest absolute Gasteiger partial charge is 0.344 e. The Morgan fingerprint density at radius 1 is 1.30 bits per heavy atom. The highest BCUT2D eigenvalue weighted by Crippen LogP contribution is 2.20. The summed E-state index contributed by atoms with van der Waals surface area (Å²) in [5, 5.41) is 3.30. The molecule has 1 aliphatic heterocycles. The van der Waals surface area contributed by atoms with Crippen LogP contribution < -0.4 is 15.5 Å². The van der Waals surface area contributed by atoms with Crippen molar-refractivity contribution in [3.8, 4) is 5.75 Å². The average Bonchev–Trinajstić information content (AvgIpc) is 2.71. The predicted octanol–water partition coefficient (Wildman–Crippen LogP) is 1.84. The largest absolute Gasteiger partial charge is 0.491 e. The van der Waals surface area contributed by atoms with Crippen molar-refractivity contribution in [3.63, 3.8) is 0 Å². The van der Waals surface area contributed by atoms with Crippen molar-refractivity contribution in [2.24, 2.45) is 0 Å². The van der Waals surface area contributed by atoms with Gasteiger partial charge in [-0.2, -0.15) is 5.01 Å². The molecular formula is C16H21N3O4. The maximum atomic E-state index is 12.2. The number of ether oxygens (including phenoxy) is 1. The molecule has 2 N–H and O–H groups in total. The minimum atomic E-state index is -0.987. The number of hydrazine groups is 1. The van der Waals surface area contributed by atoms with Crippen LogP contribution in [0.3, 0.4) is 0 Å². The molecule has 1 heterocycles. The lowest BCUT2D eigenvalue weighted by atomic mass is 10.00. The third kappa shape index (κ3) is 3.44. The van der Waals surface area contributed by atoms with E-state index in [0.29, 0.717) is 17.7 Å². The number of rotatable bonds is 5. The van der Waals surface area contributed by atoms with E-state index < -0.39 is 23.4 Å². The SMILES string of the molecule is CCC1(C)NC(=O)N(NC(=O)c2ccc(OC(C)C)cc2)C1=O. The first kappa shape index (κ1) is 16.8. The highest BCUT2D eigenvalue weighted by molar-refractivity contribution is 6.09. The first-order valence-corrected chi connectivity index (χ1v) is 7.51. The lowest BCUT2D eigenvalue weighted by molar-refractivity contribution is -0.132. The van der Waals surface area contributed by atoms with Crippen molar-refractivity contribution >= 4 is 17.8 Å². The maximum Gasteiger partial charge on any atom is 0.344 e. The van der Waals surface area contributed by atoms with Gasteiger partial charge < -0.3 is 10.1 Å². The number of benzene rings is 1. The first-order chi connectivity index (χ1) is 10.8. The Balaban J connectivity index is 2.07. The van der Waals surface area contributed by atoms with Gasteiger partial charge in [-0.25, -0.2) is 4.79 Å². The van der Waals surface area contributed by atoms with Gasteiger partial charge in [0.25, 0.3) is 11.8 Å². The molecule has 2 rings (SSSR count). The van der Waals surface area contributed by atoms with Crippen molar-refractivity contribution in [3.05, 3.63) is 29.8 Å². The van der Waals surface area contributed by atoms with Crippen LogP contribution in [0.2, 0.25) is 0 Å². The summed E-state index contributed by atoms with van der Waals surface area (Å²) >= 11 is 0. The molecule has 1 atom stereocenters. The number of imide groups is 1. The van der Waals surface area contributed by atoms with Crippen LogP contribution in [-0.4, -0.2) is 34.5 Å². The second-order valence-electron chi connectivity index (χ2n) is 5.89. The molecule has 1 aromatic carbocycles. The van der Waals surface area contributed by atoms with E-state index in [4.69, 9.17) is 4.74 Å². The van der Waals surface area contributed by atoms with Gasteiger partial charge in [0, 0.05) is 5.56 Å². The van der Waals surface area contributed by atoms with E-state index in [2.05, 4.69) is 10.7 Å². The number of carbonyl (C=O) groups excluding carboxylic acids is 3. The summed E-state index contributed by atoms with van der Waals surface area (Å²) in [4.78, 5) is 36.3. The fraction of sp³-hybridized carbons (Fsp3) is 0.438. The van der Waals surface area contributed by atoms with E-state index in [0.717, 1.165) is 5.01 Å². The minimum Gasteiger partial charge on any atom is -0.491 e. The predicted molar refractivity (Wildman–Crippen MR) is 83.7 cm³/mol. The number of hydrogen-bond acceptors (Lipinski definition) is 4. The number of urea groups is 1. The minimum absolute atomic E-state index is 0.0346. The molecule has 0 saturated carbocycles. The summed E-state index contributed by atoms with van der Waals surface area (Å²) < 4.78 is 5.50. The highest BCUT2D eigenvalue weighted by atomic mass is 16.5. The molecule has 0 aromatic heterocycles. The Kier molecular flexibility index (Phi) is 4.58. The molecule has 1 fully saturated rings. The van der Waals surface area contributed by atoms with Gasteiger partial charge in [-0.15, -0.1) is 0 Å². The van der Waals surface area contributed by atoms with Gasteiger partial charge in [0.15, 0.2) is 0 Å². The summed E-state index contributed by atoms with van der Waals surface area (Å²) in [5.41, 5.74) is 1.68. The Morgan fingerprint density at radius 3 is 2.39 bits per heavy atom. The zero-order chi connectivity index (χ0) is 17.2. The summed E-state index contributed by atoms with van der Waals surface area (Å²) in [5.74, 6) is -0.367. The molecule has 0 radical (unpaired) electrons. The number of amides is 4. The van der Waals surface area contributed by atoms with Gasteiger partial charge in [-0.3, -0.25) is 15.0 Å². The van der Waals surface area contributed by atoms with Crippen LogP contribution in [0.1, 0.15) is 44.5 Å². The summed E-state index contributed by atoms with van der Waals surface area (Å²) in [7, 11) is 0. The fourth-order valence-corrected chi connectivity index (χ4v) is 2.15. The molecule has 1 unspecified atom stereocenters.